The summed E-state index contributed by atoms with van der Waals surface area (Å²) in [5, 5.41) is 9.01. The molecule has 0 spiro atoms. The second-order valence-corrected chi connectivity index (χ2v) is 5.85. The van der Waals surface area contributed by atoms with Gasteiger partial charge in [-0.3, -0.25) is 0 Å². The molecular weight excluding hydrogens is 168 g/mol. The van der Waals surface area contributed by atoms with Gasteiger partial charge in [-0.25, -0.2) is 0 Å². The van der Waals surface area contributed by atoms with Crippen LogP contribution in [0.5, 0.6) is 0 Å². The normalized spacial score (nSPS) is 17.7. The van der Waals surface area contributed by atoms with Crippen LogP contribution in [-0.2, 0) is 0 Å². The van der Waals surface area contributed by atoms with Crippen molar-refractivity contribution < 1.29 is 5.11 Å². The largest absolute Gasteiger partial charge is 0.392 e. The van der Waals surface area contributed by atoms with Gasteiger partial charge >= 0.3 is 0 Å². The van der Waals surface area contributed by atoms with Crippen LogP contribution in [0.3, 0.4) is 0 Å². The van der Waals surface area contributed by atoms with Crippen molar-refractivity contribution >= 4 is 11.8 Å². The minimum Gasteiger partial charge on any atom is -0.392 e. The molecule has 0 aromatic rings. The van der Waals surface area contributed by atoms with Crippen LogP contribution in [0.1, 0.15) is 27.2 Å². The average molecular weight is 184 g/mol. The van der Waals surface area contributed by atoms with Gasteiger partial charge in [-0.15, -0.1) is 11.8 Å². The lowest BCUT2D eigenvalue weighted by molar-refractivity contribution is 0.335. The highest BCUT2D eigenvalue weighted by Gasteiger charge is 2.17. The summed E-state index contributed by atoms with van der Waals surface area (Å²) in [5.41, 5.74) is 1.09. The molecule has 0 saturated heterocycles. The molecular formula is C10H16OS. The predicted octanol–water partition coefficient (Wildman–Crippen LogP) is 2.72. The Balaban J connectivity index is 2.65. The Hall–Kier alpha value is -0.210. The predicted molar refractivity (Wildman–Crippen MR) is 55.2 cm³/mol. The number of hydrogen-bond donors (Lipinski definition) is 1. The van der Waals surface area contributed by atoms with Crippen molar-refractivity contribution in [2.45, 2.75) is 31.9 Å². The van der Waals surface area contributed by atoms with Gasteiger partial charge in [0.1, 0.15) is 0 Å². The van der Waals surface area contributed by atoms with E-state index in [1.807, 2.05) is 17.8 Å². The van der Waals surface area contributed by atoms with E-state index < -0.39 is 0 Å². The maximum atomic E-state index is 9.01. The van der Waals surface area contributed by atoms with Crippen LogP contribution < -0.4 is 0 Å². The number of aliphatic hydroxyl groups excluding tert-OH is 1. The molecule has 0 fully saturated rings. The van der Waals surface area contributed by atoms with Crippen molar-refractivity contribution in [2.24, 2.45) is 0 Å². The Morgan fingerprint density at radius 3 is 2.67 bits per heavy atom. The molecule has 0 amide bonds. The molecule has 0 unspecified atom stereocenters. The number of thioether (sulfide) groups is 1. The Morgan fingerprint density at radius 2 is 2.17 bits per heavy atom. The Morgan fingerprint density at radius 1 is 1.50 bits per heavy atom. The van der Waals surface area contributed by atoms with Gasteiger partial charge in [0.05, 0.1) is 6.61 Å². The van der Waals surface area contributed by atoms with Crippen molar-refractivity contribution in [1.82, 2.24) is 0 Å². The molecule has 1 aliphatic carbocycles. The average Bonchev–Trinajstić information content (AvgIpc) is 2.31. The third kappa shape index (κ3) is 2.68. The first-order valence-electron chi connectivity index (χ1n) is 4.21. The summed E-state index contributed by atoms with van der Waals surface area (Å²) in [5.74, 6) is 0. The highest BCUT2D eigenvalue weighted by atomic mass is 32.2. The molecule has 2 heteroatoms. The number of aliphatic hydroxyl groups is 1. The van der Waals surface area contributed by atoms with Gasteiger partial charge in [-0.2, -0.15) is 0 Å². The van der Waals surface area contributed by atoms with Crippen LogP contribution in [0, 0.1) is 0 Å². The molecule has 1 N–H and O–H groups in total. The number of hydrogen-bond acceptors (Lipinski definition) is 2. The van der Waals surface area contributed by atoms with Crippen LogP contribution >= 0.6 is 11.8 Å². The molecule has 0 aromatic heterocycles. The first-order chi connectivity index (χ1) is 5.53. The Bertz CT molecular complexity index is 220. The van der Waals surface area contributed by atoms with E-state index in [0.717, 1.165) is 12.0 Å². The van der Waals surface area contributed by atoms with Crippen LogP contribution in [-0.4, -0.2) is 16.5 Å². The van der Waals surface area contributed by atoms with Gasteiger partial charge in [-0.1, -0.05) is 32.9 Å². The van der Waals surface area contributed by atoms with E-state index >= 15 is 0 Å². The van der Waals surface area contributed by atoms with Crippen LogP contribution in [0.2, 0.25) is 0 Å². The Labute approximate surface area is 78.6 Å². The smallest absolute Gasteiger partial charge is 0.0689 e. The molecule has 0 heterocycles. The van der Waals surface area contributed by atoms with E-state index in [2.05, 4.69) is 26.8 Å². The molecule has 12 heavy (non-hydrogen) atoms. The van der Waals surface area contributed by atoms with Crippen molar-refractivity contribution in [3.8, 4) is 0 Å². The van der Waals surface area contributed by atoms with Gasteiger partial charge in [0.25, 0.3) is 0 Å². The number of rotatable bonds is 2. The van der Waals surface area contributed by atoms with Crippen LogP contribution in [0.15, 0.2) is 22.6 Å². The molecule has 0 bridgehead atoms. The summed E-state index contributed by atoms with van der Waals surface area (Å²) in [6.07, 6.45) is 5.13. The maximum Gasteiger partial charge on any atom is 0.0689 e. The van der Waals surface area contributed by atoms with E-state index in [9.17, 15) is 0 Å². The fourth-order valence-corrected chi connectivity index (χ4v) is 2.33. The molecule has 0 saturated carbocycles. The summed E-state index contributed by atoms with van der Waals surface area (Å²) in [4.78, 5) is 1.32. The van der Waals surface area contributed by atoms with Gasteiger partial charge in [0.15, 0.2) is 0 Å². The van der Waals surface area contributed by atoms with E-state index in [4.69, 9.17) is 5.11 Å². The second-order valence-electron chi connectivity index (χ2n) is 3.93. The fraction of sp³-hybridized carbons (Fsp3) is 0.600. The van der Waals surface area contributed by atoms with Crippen LogP contribution in [0.25, 0.3) is 0 Å². The molecule has 1 aliphatic rings. The number of allylic oxidation sites excluding steroid dienone is 2. The highest BCUT2D eigenvalue weighted by molar-refractivity contribution is 8.04. The first-order valence-corrected chi connectivity index (χ1v) is 5.03. The molecule has 0 aliphatic heterocycles. The lowest BCUT2D eigenvalue weighted by atomic mass is 10.3. The summed E-state index contributed by atoms with van der Waals surface area (Å²) in [7, 11) is 0. The first kappa shape index (κ1) is 9.87. The minimum absolute atomic E-state index is 0.176. The third-order valence-electron chi connectivity index (χ3n) is 1.58. The van der Waals surface area contributed by atoms with E-state index in [1.54, 1.807) is 0 Å². The zero-order valence-electron chi connectivity index (χ0n) is 7.92. The monoisotopic (exact) mass is 184 g/mol. The molecule has 1 nitrogen and oxygen atoms in total. The standard InChI is InChI=1S/C10H16OS/c1-10(2,3)12-9-6-4-5-8(9)7-11/h4-5,11H,6-7H2,1-3H3. The van der Waals surface area contributed by atoms with Gasteiger partial charge in [-0.05, 0) is 16.9 Å². The van der Waals surface area contributed by atoms with E-state index in [1.165, 1.54) is 4.91 Å². The van der Waals surface area contributed by atoms with Gasteiger partial charge in [0, 0.05) is 4.75 Å². The Kier molecular flexibility index (Phi) is 3.02. The molecule has 68 valence electrons. The molecule has 1 rings (SSSR count). The lowest BCUT2D eigenvalue weighted by Gasteiger charge is -2.19. The minimum atomic E-state index is 0.176. The summed E-state index contributed by atoms with van der Waals surface area (Å²) < 4.78 is 0.252. The maximum absolute atomic E-state index is 9.01. The lowest BCUT2D eigenvalue weighted by Crippen LogP contribution is -2.07. The topological polar surface area (TPSA) is 20.2 Å². The zero-order chi connectivity index (χ0) is 9.19. The van der Waals surface area contributed by atoms with Gasteiger partial charge < -0.3 is 5.11 Å². The van der Waals surface area contributed by atoms with Crippen molar-refractivity contribution in [3.05, 3.63) is 22.6 Å². The fourth-order valence-electron chi connectivity index (χ4n) is 1.15. The third-order valence-corrected chi connectivity index (χ3v) is 2.87. The van der Waals surface area contributed by atoms with E-state index in [-0.39, 0.29) is 11.4 Å². The van der Waals surface area contributed by atoms with Crippen molar-refractivity contribution in [3.63, 3.8) is 0 Å². The zero-order valence-corrected chi connectivity index (χ0v) is 8.74. The molecule has 0 atom stereocenters. The van der Waals surface area contributed by atoms with Gasteiger partial charge in [0.2, 0.25) is 0 Å². The van der Waals surface area contributed by atoms with Crippen molar-refractivity contribution in [2.75, 3.05) is 6.61 Å². The summed E-state index contributed by atoms with van der Waals surface area (Å²) >= 11 is 1.85. The quantitative estimate of drug-likeness (QED) is 0.712. The van der Waals surface area contributed by atoms with E-state index in [0.29, 0.717) is 0 Å². The SMILES string of the molecule is CC(C)(C)SC1=C(CO)C=CC1. The summed E-state index contributed by atoms with van der Waals surface area (Å²) in [6.45, 7) is 6.75. The molecule has 0 radical (unpaired) electrons. The summed E-state index contributed by atoms with van der Waals surface area (Å²) in [6, 6.07) is 0. The second kappa shape index (κ2) is 3.67. The van der Waals surface area contributed by atoms with Crippen LogP contribution in [0.4, 0.5) is 0 Å². The highest BCUT2D eigenvalue weighted by Crippen LogP contribution is 2.37. The molecule has 0 aromatic carbocycles. The van der Waals surface area contributed by atoms with Crippen molar-refractivity contribution in [1.29, 1.82) is 0 Å².